The molecule has 3 aromatic heterocycles. The highest BCUT2D eigenvalue weighted by Gasteiger charge is 2.21. The molecule has 0 unspecified atom stereocenters. The van der Waals surface area contributed by atoms with E-state index in [1.807, 2.05) is 13.8 Å². The summed E-state index contributed by atoms with van der Waals surface area (Å²) in [6.07, 6.45) is 3.25. The summed E-state index contributed by atoms with van der Waals surface area (Å²) < 4.78 is 6.80. The Hall–Kier alpha value is -3.09. The van der Waals surface area contributed by atoms with Crippen LogP contribution in [0.3, 0.4) is 0 Å². The quantitative estimate of drug-likeness (QED) is 0.750. The number of carbonyl (C=O) groups is 2. The summed E-state index contributed by atoms with van der Waals surface area (Å²) in [6.45, 7) is 3.99. The fourth-order valence-electron chi connectivity index (χ4n) is 2.36. The van der Waals surface area contributed by atoms with Gasteiger partial charge in [-0.3, -0.25) is 14.0 Å². The van der Waals surface area contributed by atoms with Crippen LogP contribution in [0.15, 0.2) is 47.2 Å². The summed E-state index contributed by atoms with van der Waals surface area (Å²) >= 11 is 0. The second-order valence-electron chi connectivity index (χ2n) is 5.63. The topological polar surface area (TPSA) is 88.6 Å². The molecular formula is C17H18N4O3. The number of pyridine rings is 1. The van der Waals surface area contributed by atoms with Gasteiger partial charge in [0.15, 0.2) is 5.69 Å². The molecule has 7 heteroatoms. The Morgan fingerprint density at radius 1 is 1.21 bits per heavy atom. The molecule has 0 bridgehead atoms. The molecule has 3 heterocycles. The molecule has 0 aliphatic heterocycles. The van der Waals surface area contributed by atoms with Crippen molar-refractivity contribution >= 4 is 17.3 Å². The second kappa shape index (κ2) is 6.57. The highest BCUT2D eigenvalue weighted by Crippen LogP contribution is 2.14. The van der Waals surface area contributed by atoms with Gasteiger partial charge in [0.2, 0.25) is 5.82 Å². The minimum absolute atomic E-state index is 0.0233. The number of rotatable bonds is 5. The van der Waals surface area contributed by atoms with Crippen LogP contribution in [0.5, 0.6) is 0 Å². The van der Waals surface area contributed by atoms with Gasteiger partial charge in [-0.15, -0.1) is 0 Å². The molecule has 3 rings (SSSR count). The molecule has 3 aromatic rings. The van der Waals surface area contributed by atoms with Crippen LogP contribution in [0.4, 0.5) is 0 Å². The molecule has 0 aliphatic rings. The number of hydrogen-bond acceptors (Lipinski definition) is 4. The van der Waals surface area contributed by atoms with E-state index >= 15 is 0 Å². The first-order valence-corrected chi connectivity index (χ1v) is 7.65. The van der Waals surface area contributed by atoms with Gasteiger partial charge >= 0.3 is 0 Å². The Morgan fingerprint density at radius 2 is 2.04 bits per heavy atom. The molecule has 2 amide bonds. The van der Waals surface area contributed by atoms with Crippen molar-refractivity contribution < 1.29 is 14.0 Å². The van der Waals surface area contributed by atoms with Crippen molar-refractivity contribution in [1.82, 2.24) is 20.0 Å². The highest BCUT2D eigenvalue weighted by molar-refractivity contribution is 6.02. The van der Waals surface area contributed by atoms with E-state index in [0.717, 1.165) is 0 Å². The number of amides is 2. The van der Waals surface area contributed by atoms with E-state index in [9.17, 15) is 9.59 Å². The molecule has 0 spiro atoms. The predicted octanol–water partition coefficient (Wildman–Crippen LogP) is 2.00. The Bertz CT molecular complexity index is 865. The van der Waals surface area contributed by atoms with E-state index in [4.69, 9.17) is 4.42 Å². The van der Waals surface area contributed by atoms with Gasteiger partial charge in [-0.2, -0.15) is 0 Å². The first kappa shape index (κ1) is 15.8. The summed E-state index contributed by atoms with van der Waals surface area (Å²) in [5, 5.41) is 5.54. The van der Waals surface area contributed by atoms with Gasteiger partial charge in [-0.05, 0) is 38.1 Å². The van der Waals surface area contributed by atoms with Gasteiger partial charge in [0, 0.05) is 12.2 Å². The number of nitrogens with zero attached hydrogens (tertiary/aromatic N) is 2. The van der Waals surface area contributed by atoms with Crippen molar-refractivity contribution in [3.63, 3.8) is 0 Å². The van der Waals surface area contributed by atoms with Crippen LogP contribution in [0.1, 0.15) is 40.7 Å². The third-order valence-corrected chi connectivity index (χ3v) is 3.39. The Balaban J connectivity index is 1.90. The molecule has 0 saturated carbocycles. The molecule has 124 valence electrons. The minimum atomic E-state index is -0.362. The van der Waals surface area contributed by atoms with Crippen LogP contribution in [-0.2, 0) is 6.54 Å². The zero-order valence-corrected chi connectivity index (χ0v) is 13.4. The van der Waals surface area contributed by atoms with E-state index in [2.05, 4.69) is 15.6 Å². The molecule has 2 N–H and O–H groups in total. The fourth-order valence-corrected chi connectivity index (χ4v) is 2.36. The fraction of sp³-hybridized carbons (Fsp3) is 0.235. The molecule has 0 saturated heterocycles. The van der Waals surface area contributed by atoms with E-state index in [1.165, 1.54) is 0 Å². The average molecular weight is 326 g/mol. The summed E-state index contributed by atoms with van der Waals surface area (Å²) in [5.41, 5.74) is 0.777. The average Bonchev–Trinajstić information content (AvgIpc) is 3.19. The molecule has 0 aromatic carbocycles. The van der Waals surface area contributed by atoms with Crippen molar-refractivity contribution in [1.29, 1.82) is 0 Å². The van der Waals surface area contributed by atoms with Gasteiger partial charge < -0.3 is 15.1 Å². The summed E-state index contributed by atoms with van der Waals surface area (Å²) in [4.78, 5) is 29.0. The van der Waals surface area contributed by atoms with E-state index in [0.29, 0.717) is 11.3 Å². The van der Waals surface area contributed by atoms with Gasteiger partial charge in [0.05, 0.1) is 18.3 Å². The van der Waals surface area contributed by atoms with Crippen LogP contribution >= 0.6 is 0 Å². The number of imidazole rings is 1. The largest absolute Gasteiger partial charge is 0.467 e. The number of carbonyl (C=O) groups excluding carboxylic acids is 2. The van der Waals surface area contributed by atoms with Crippen molar-refractivity contribution in [2.24, 2.45) is 0 Å². The van der Waals surface area contributed by atoms with Crippen LogP contribution in [0.25, 0.3) is 5.52 Å². The van der Waals surface area contributed by atoms with E-state index in [-0.39, 0.29) is 35.9 Å². The molecular weight excluding hydrogens is 308 g/mol. The molecule has 0 fully saturated rings. The monoisotopic (exact) mass is 326 g/mol. The van der Waals surface area contributed by atoms with Crippen LogP contribution in [-0.4, -0.2) is 27.2 Å². The highest BCUT2D eigenvalue weighted by atomic mass is 16.3. The number of furan rings is 1. The maximum absolute atomic E-state index is 12.5. The Labute approximate surface area is 138 Å². The lowest BCUT2D eigenvalue weighted by Gasteiger charge is -2.06. The Kier molecular flexibility index (Phi) is 4.33. The summed E-state index contributed by atoms with van der Waals surface area (Å²) in [5.74, 6) is 0.141. The van der Waals surface area contributed by atoms with E-state index < -0.39 is 0 Å². The third kappa shape index (κ3) is 3.15. The molecule has 0 radical (unpaired) electrons. The first-order chi connectivity index (χ1) is 11.6. The lowest BCUT2D eigenvalue weighted by Crippen LogP contribution is -2.31. The lowest BCUT2D eigenvalue weighted by molar-refractivity contribution is 0.0932. The Morgan fingerprint density at radius 3 is 2.75 bits per heavy atom. The third-order valence-electron chi connectivity index (χ3n) is 3.39. The van der Waals surface area contributed by atoms with Crippen molar-refractivity contribution in [3.05, 3.63) is 60.1 Å². The van der Waals surface area contributed by atoms with Gasteiger partial charge in [0.25, 0.3) is 11.8 Å². The van der Waals surface area contributed by atoms with Gasteiger partial charge in [0.1, 0.15) is 5.76 Å². The number of hydrogen-bond donors (Lipinski definition) is 2. The maximum atomic E-state index is 12.5. The zero-order valence-electron chi connectivity index (χ0n) is 13.4. The first-order valence-electron chi connectivity index (χ1n) is 7.65. The normalized spacial score (nSPS) is 11.0. The molecule has 7 nitrogen and oxygen atoms in total. The molecule has 0 atom stereocenters. The van der Waals surface area contributed by atoms with Crippen LogP contribution in [0.2, 0.25) is 0 Å². The van der Waals surface area contributed by atoms with Crippen molar-refractivity contribution in [2.45, 2.75) is 26.4 Å². The minimum Gasteiger partial charge on any atom is -0.467 e. The number of aromatic nitrogens is 2. The van der Waals surface area contributed by atoms with E-state index in [1.54, 1.807) is 47.2 Å². The predicted molar refractivity (Wildman–Crippen MR) is 87.7 cm³/mol. The molecule has 0 aliphatic carbocycles. The van der Waals surface area contributed by atoms with Crippen LogP contribution in [0, 0.1) is 0 Å². The smallest absolute Gasteiger partial charge is 0.287 e. The van der Waals surface area contributed by atoms with Crippen molar-refractivity contribution in [2.75, 3.05) is 0 Å². The lowest BCUT2D eigenvalue weighted by atomic mass is 10.3. The zero-order chi connectivity index (χ0) is 17.1. The summed E-state index contributed by atoms with van der Waals surface area (Å²) in [7, 11) is 0. The number of nitrogens with one attached hydrogen (secondary N) is 2. The maximum Gasteiger partial charge on any atom is 0.287 e. The standard InChI is InChI=1S/C17H18N4O3/c1-11(2)19-17(23)15-20-14(13-7-3-4-8-21(13)15)16(22)18-10-12-6-5-9-24-12/h3-9,11H,10H2,1-2H3,(H,18,22)(H,19,23). The van der Waals surface area contributed by atoms with Crippen molar-refractivity contribution in [3.8, 4) is 0 Å². The van der Waals surface area contributed by atoms with Gasteiger partial charge in [-0.1, -0.05) is 6.07 Å². The van der Waals surface area contributed by atoms with Gasteiger partial charge in [-0.25, -0.2) is 4.98 Å². The second-order valence-corrected chi connectivity index (χ2v) is 5.63. The number of fused-ring (bicyclic) bond motifs is 1. The SMILES string of the molecule is CC(C)NC(=O)c1nc(C(=O)NCc2ccco2)c2ccccn12. The van der Waals surface area contributed by atoms with Crippen LogP contribution < -0.4 is 10.6 Å². The molecule has 24 heavy (non-hydrogen) atoms. The summed E-state index contributed by atoms with van der Waals surface area (Å²) in [6, 6.07) is 8.83.